The topological polar surface area (TPSA) is 88.9 Å². The van der Waals surface area contributed by atoms with E-state index in [0.717, 1.165) is 18.5 Å². The molecule has 3 heterocycles. The standard InChI is InChI=1S/C21H24N4O4/c1-13-10-20(26)25-19(22-13)12-16(23-25)14-6-8-24(9-7-14)21(27)15-4-5-17(28-2)18(11-15)29-3/h4-5,10-12,14,23H,6-9H2,1-3H3. The Morgan fingerprint density at radius 1 is 1.10 bits per heavy atom. The summed E-state index contributed by atoms with van der Waals surface area (Å²) >= 11 is 0. The van der Waals surface area contributed by atoms with Gasteiger partial charge >= 0.3 is 0 Å². The van der Waals surface area contributed by atoms with E-state index in [1.54, 1.807) is 32.4 Å². The SMILES string of the molecule is COc1ccc(C(=O)N2CCC(c3cc4nc(C)cc(=O)n4[nH]3)CC2)cc1OC. The van der Waals surface area contributed by atoms with Crippen molar-refractivity contribution < 1.29 is 14.3 Å². The maximum atomic E-state index is 12.9. The van der Waals surface area contributed by atoms with Gasteiger partial charge in [0.05, 0.1) is 14.2 Å². The van der Waals surface area contributed by atoms with Crippen LogP contribution in [-0.4, -0.2) is 52.7 Å². The number of H-pyrrole nitrogens is 1. The van der Waals surface area contributed by atoms with Crippen LogP contribution in [0.15, 0.2) is 35.1 Å². The maximum Gasteiger partial charge on any atom is 0.272 e. The number of carbonyl (C=O) groups excluding carboxylic acids is 1. The summed E-state index contributed by atoms with van der Waals surface area (Å²) in [6.07, 6.45) is 1.64. The maximum absolute atomic E-state index is 12.9. The molecule has 0 radical (unpaired) electrons. The third-order valence-corrected chi connectivity index (χ3v) is 5.45. The van der Waals surface area contributed by atoms with Crippen LogP contribution in [-0.2, 0) is 0 Å². The number of aryl methyl sites for hydroxylation is 1. The van der Waals surface area contributed by atoms with Gasteiger partial charge < -0.3 is 14.4 Å². The zero-order valence-electron chi connectivity index (χ0n) is 16.8. The minimum atomic E-state index is -0.111. The van der Waals surface area contributed by atoms with Crippen LogP contribution in [0.5, 0.6) is 11.5 Å². The van der Waals surface area contributed by atoms with E-state index < -0.39 is 0 Å². The van der Waals surface area contributed by atoms with Crippen molar-refractivity contribution >= 4 is 11.6 Å². The Morgan fingerprint density at radius 3 is 2.52 bits per heavy atom. The summed E-state index contributed by atoms with van der Waals surface area (Å²) < 4.78 is 12.0. The molecule has 1 aliphatic heterocycles. The molecule has 1 saturated heterocycles. The molecular formula is C21H24N4O4. The van der Waals surface area contributed by atoms with Crippen LogP contribution >= 0.6 is 0 Å². The lowest BCUT2D eigenvalue weighted by molar-refractivity contribution is 0.0711. The number of piperidine rings is 1. The fraction of sp³-hybridized carbons (Fsp3) is 0.381. The number of likely N-dealkylation sites (tertiary alicyclic amines) is 1. The Labute approximate surface area is 168 Å². The molecule has 4 rings (SSSR count). The van der Waals surface area contributed by atoms with Crippen molar-refractivity contribution in [2.75, 3.05) is 27.3 Å². The van der Waals surface area contributed by atoms with Crippen molar-refractivity contribution in [3.63, 3.8) is 0 Å². The molecule has 8 heteroatoms. The van der Waals surface area contributed by atoms with E-state index in [1.807, 2.05) is 17.9 Å². The van der Waals surface area contributed by atoms with Crippen molar-refractivity contribution in [2.24, 2.45) is 0 Å². The van der Waals surface area contributed by atoms with Crippen molar-refractivity contribution in [2.45, 2.75) is 25.7 Å². The van der Waals surface area contributed by atoms with Gasteiger partial charge in [-0.1, -0.05) is 0 Å². The number of methoxy groups -OCH3 is 2. The first-order valence-corrected chi connectivity index (χ1v) is 9.60. The van der Waals surface area contributed by atoms with Crippen LogP contribution in [0.2, 0.25) is 0 Å². The smallest absolute Gasteiger partial charge is 0.272 e. The molecule has 29 heavy (non-hydrogen) atoms. The van der Waals surface area contributed by atoms with Gasteiger partial charge in [-0.05, 0) is 38.0 Å². The Morgan fingerprint density at radius 2 is 1.83 bits per heavy atom. The number of ether oxygens (including phenoxy) is 2. The highest BCUT2D eigenvalue weighted by atomic mass is 16.5. The molecule has 0 saturated carbocycles. The summed E-state index contributed by atoms with van der Waals surface area (Å²) in [4.78, 5) is 31.3. The van der Waals surface area contributed by atoms with Gasteiger partial charge in [-0.25, -0.2) is 9.50 Å². The number of rotatable bonds is 4. The molecular weight excluding hydrogens is 372 g/mol. The summed E-state index contributed by atoms with van der Waals surface area (Å²) in [6, 6.07) is 8.66. The van der Waals surface area contributed by atoms with E-state index in [1.165, 1.54) is 10.6 Å². The zero-order valence-corrected chi connectivity index (χ0v) is 16.8. The second-order valence-electron chi connectivity index (χ2n) is 7.28. The van der Waals surface area contributed by atoms with Crippen molar-refractivity contribution in [3.05, 3.63) is 57.6 Å². The monoisotopic (exact) mass is 396 g/mol. The Balaban J connectivity index is 1.47. The van der Waals surface area contributed by atoms with E-state index in [2.05, 4.69) is 10.1 Å². The largest absolute Gasteiger partial charge is 0.493 e. The highest BCUT2D eigenvalue weighted by molar-refractivity contribution is 5.95. The number of hydrogen-bond donors (Lipinski definition) is 1. The fourth-order valence-corrected chi connectivity index (χ4v) is 3.88. The number of aromatic nitrogens is 3. The highest BCUT2D eigenvalue weighted by Crippen LogP contribution is 2.31. The number of hydrogen-bond acceptors (Lipinski definition) is 5. The fourth-order valence-electron chi connectivity index (χ4n) is 3.88. The number of nitrogens with one attached hydrogen (secondary N) is 1. The highest BCUT2D eigenvalue weighted by Gasteiger charge is 2.26. The number of benzene rings is 1. The van der Waals surface area contributed by atoms with Crippen molar-refractivity contribution in [1.82, 2.24) is 19.5 Å². The normalized spacial score (nSPS) is 14.9. The zero-order chi connectivity index (χ0) is 20.5. The van der Waals surface area contributed by atoms with Crippen molar-refractivity contribution in [1.29, 1.82) is 0 Å². The van der Waals surface area contributed by atoms with Crippen molar-refractivity contribution in [3.8, 4) is 11.5 Å². The van der Waals surface area contributed by atoms with E-state index in [0.29, 0.717) is 41.5 Å². The van der Waals surface area contributed by atoms with Crippen LogP contribution in [0, 0.1) is 6.92 Å². The number of amides is 1. The Hall–Kier alpha value is -3.29. The van der Waals surface area contributed by atoms with Gasteiger partial charge in [0.1, 0.15) is 0 Å². The van der Waals surface area contributed by atoms with E-state index in [4.69, 9.17) is 9.47 Å². The number of fused-ring (bicyclic) bond motifs is 1. The first-order chi connectivity index (χ1) is 14.0. The molecule has 1 N–H and O–H groups in total. The minimum Gasteiger partial charge on any atom is -0.493 e. The molecule has 0 aliphatic carbocycles. The molecule has 0 atom stereocenters. The second kappa shape index (κ2) is 7.62. The molecule has 2 aromatic heterocycles. The van der Waals surface area contributed by atoms with Gasteiger partial charge in [0.2, 0.25) is 0 Å². The molecule has 1 aromatic carbocycles. The van der Waals surface area contributed by atoms with Crippen LogP contribution in [0.25, 0.3) is 5.65 Å². The first kappa shape index (κ1) is 19.0. The average molecular weight is 396 g/mol. The summed E-state index contributed by atoms with van der Waals surface area (Å²) in [5.74, 6) is 1.38. The third-order valence-electron chi connectivity index (χ3n) is 5.45. The predicted octanol–water partition coefficient (Wildman–Crippen LogP) is 2.37. The number of carbonyl (C=O) groups is 1. The summed E-state index contributed by atoms with van der Waals surface area (Å²) in [7, 11) is 3.12. The molecule has 1 fully saturated rings. The quantitative estimate of drug-likeness (QED) is 0.731. The van der Waals surface area contributed by atoms with Crippen LogP contribution in [0.4, 0.5) is 0 Å². The molecule has 0 bridgehead atoms. The minimum absolute atomic E-state index is 0.0189. The lowest BCUT2D eigenvalue weighted by Crippen LogP contribution is -2.38. The predicted molar refractivity (Wildman–Crippen MR) is 108 cm³/mol. The summed E-state index contributed by atoms with van der Waals surface area (Å²) in [5, 5.41) is 3.17. The molecule has 8 nitrogen and oxygen atoms in total. The van der Waals surface area contributed by atoms with Gasteiger partial charge in [-0.3, -0.25) is 14.7 Å². The molecule has 1 amide bonds. The molecule has 1 aliphatic rings. The average Bonchev–Trinajstić information content (AvgIpc) is 3.17. The van der Waals surface area contributed by atoms with Gasteiger partial charge in [0.15, 0.2) is 17.1 Å². The van der Waals surface area contributed by atoms with Gasteiger partial charge in [0, 0.05) is 48.1 Å². The lowest BCUT2D eigenvalue weighted by atomic mass is 9.93. The van der Waals surface area contributed by atoms with Gasteiger partial charge in [-0.15, -0.1) is 0 Å². The van der Waals surface area contributed by atoms with E-state index in [-0.39, 0.29) is 17.4 Å². The summed E-state index contributed by atoms with van der Waals surface area (Å²) in [5.41, 5.74) is 2.79. The number of aromatic amines is 1. The molecule has 0 spiro atoms. The van der Waals surface area contributed by atoms with E-state index in [9.17, 15) is 9.59 Å². The third kappa shape index (κ3) is 3.57. The summed E-state index contributed by atoms with van der Waals surface area (Å²) in [6.45, 7) is 3.11. The Bertz CT molecular complexity index is 1110. The van der Waals surface area contributed by atoms with Crippen LogP contribution in [0.1, 0.15) is 40.5 Å². The lowest BCUT2D eigenvalue weighted by Gasteiger charge is -2.31. The second-order valence-corrected chi connectivity index (χ2v) is 7.28. The first-order valence-electron chi connectivity index (χ1n) is 9.60. The van der Waals surface area contributed by atoms with Gasteiger partial charge in [-0.2, -0.15) is 0 Å². The van der Waals surface area contributed by atoms with E-state index >= 15 is 0 Å². The van der Waals surface area contributed by atoms with Crippen LogP contribution in [0.3, 0.4) is 0 Å². The van der Waals surface area contributed by atoms with Crippen LogP contribution < -0.4 is 15.0 Å². The number of nitrogens with zero attached hydrogens (tertiary/aromatic N) is 3. The molecule has 152 valence electrons. The van der Waals surface area contributed by atoms with Gasteiger partial charge in [0.25, 0.3) is 11.5 Å². The molecule has 3 aromatic rings. The molecule has 0 unspecified atom stereocenters. The Kier molecular flexibility index (Phi) is 5.00.